The van der Waals surface area contributed by atoms with Crippen molar-refractivity contribution in [3.63, 3.8) is 0 Å². The second-order valence-electron chi connectivity index (χ2n) is 6.02. The zero-order valence-electron chi connectivity index (χ0n) is 13.0. The molecule has 1 aromatic rings. The summed E-state index contributed by atoms with van der Waals surface area (Å²) >= 11 is 0. The molecule has 112 valence electrons. The molecule has 2 atom stereocenters. The number of nitrogens with one attached hydrogen (secondary N) is 1. The van der Waals surface area contributed by atoms with Crippen LogP contribution in [-0.4, -0.2) is 25.8 Å². The lowest BCUT2D eigenvalue weighted by atomic mass is 9.91. The Hall–Kier alpha value is -0.860. The third-order valence-corrected chi connectivity index (χ3v) is 4.37. The number of aryl methyl sites for hydroxylation is 1. The highest BCUT2D eigenvalue weighted by atomic mass is 16.5. The molecule has 2 nitrogen and oxygen atoms in total. The van der Waals surface area contributed by atoms with Gasteiger partial charge in [-0.1, -0.05) is 31.2 Å². The van der Waals surface area contributed by atoms with Crippen molar-refractivity contribution in [2.24, 2.45) is 5.92 Å². The Kier molecular flexibility index (Phi) is 6.55. The van der Waals surface area contributed by atoms with E-state index >= 15 is 0 Å². The molecule has 1 aliphatic rings. The van der Waals surface area contributed by atoms with E-state index in [0.29, 0.717) is 6.10 Å². The molecule has 2 unspecified atom stereocenters. The first-order valence-corrected chi connectivity index (χ1v) is 8.16. The van der Waals surface area contributed by atoms with Gasteiger partial charge in [-0.05, 0) is 69.2 Å². The Bertz CT molecular complexity index is 385. The molecule has 0 spiro atoms. The van der Waals surface area contributed by atoms with E-state index in [4.69, 9.17) is 4.74 Å². The van der Waals surface area contributed by atoms with Crippen molar-refractivity contribution in [1.29, 1.82) is 0 Å². The van der Waals surface area contributed by atoms with Gasteiger partial charge in [0.25, 0.3) is 0 Å². The van der Waals surface area contributed by atoms with Crippen LogP contribution in [0, 0.1) is 12.8 Å². The molecular weight excluding hydrogens is 246 g/mol. The van der Waals surface area contributed by atoms with Crippen LogP contribution < -0.4 is 5.32 Å². The van der Waals surface area contributed by atoms with Crippen LogP contribution in [0.4, 0.5) is 0 Å². The number of hydrogen-bond donors (Lipinski definition) is 1. The third-order valence-electron chi connectivity index (χ3n) is 4.37. The zero-order valence-corrected chi connectivity index (χ0v) is 13.0. The van der Waals surface area contributed by atoms with E-state index in [-0.39, 0.29) is 0 Å². The molecule has 20 heavy (non-hydrogen) atoms. The van der Waals surface area contributed by atoms with Gasteiger partial charge in [0.05, 0.1) is 6.10 Å². The maximum Gasteiger partial charge on any atom is 0.0576 e. The van der Waals surface area contributed by atoms with Crippen molar-refractivity contribution in [1.82, 2.24) is 5.32 Å². The summed E-state index contributed by atoms with van der Waals surface area (Å²) in [6, 6.07) is 8.79. The lowest BCUT2D eigenvalue weighted by molar-refractivity contribution is 0.0979. The highest BCUT2D eigenvalue weighted by Crippen LogP contribution is 2.22. The Balaban J connectivity index is 1.87. The van der Waals surface area contributed by atoms with Gasteiger partial charge in [0.15, 0.2) is 0 Å². The number of hydrogen-bond acceptors (Lipinski definition) is 2. The molecule has 2 heteroatoms. The van der Waals surface area contributed by atoms with E-state index in [1.165, 1.54) is 43.2 Å². The molecule has 1 saturated heterocycles. The van der Waals surface area contributed by atoms with Crippen LogP contribution in [-0.2, 0) is 11.2 Å². The van der Waals surface area contributed by atoms with E-state index in [1.54, 1.807) is 0 Å². The van der Waals surface area contributed by atoms with Gasteiger partial charge >= 0.3 is 0 Å². The first-order chi connectivity index (χ1) is 9.79. The predicted octanol–water partition coefficient (Wildman–Crippen LogP) is 3.72. The van der Waals surface area contributed by atoms with Crippen LogP contribution in [0.3, 0.4) is 0 Å². The second-order valence-corrected chi connectivity index (χ2v) is 6.02. The summed E-state index contributed by atoms with van der Waals surface area (Å²) in [6.07, 6.45) is 6.72. The molecule has 0 aromatic heterocycles. The SMILES string of the molecule is CCNCC(CCC1CCCO1)Cc1ccccc1C. The highest BCUT2D eigenvalue weighted by Gasteiger charge is 2.18. The molecule has 1 fully saturated rings. The van der Waals surface area contributed by atoms with Crippen LogP contribution in [0.2, 0.25) is 0 Å². The molecular formula is C18H29NO. The second kappa shape index (κ2) is 8.43. The average molecular weight is 275 g/mol. The van der Waals surface area contributed by atoms with Crippen LogP contribution in [0.15, 0.2) is 24.3 Å². The summed E-state index contributed by atoms with van der Waals surface area (Å²) < 4.78 is 5.76. The van der Waals surface area contributed by atoms with Gasteiger partial charge in [-0.2, -0.15) is 0 Å². The molecule has 0 radical (unpaired) electrons. The summed E-state index contributed by atoms with van der Waals surface area (Å²) in [4.78, 5) is 0. The fourth-order valence-corrected chi connectivity index (χ4v) is 3.07. The first-order valence-electron chi connectivity index (χ1n) is 8.16. The summed E-state index contributed by atoms with van der Waals surface area (Å²) in [5.41, 5.74) is 2.92. The molecule has 1 aliphatic heterocycles. The van der Waals surface area contributed by atoms with E-state index in [0.717, 1.165) is 25.6 Å². The summed E-state index contributed by atoms with van der Waals surface area (Å²) in [7, 11) is 0. The lowest BCUT2D eigenvalue weighted by Crippen LogP contribution is -2.25. The van der Waals surface area contributed by atoms with Crippen LogP contribution >= 0.6 is 0 Å². The van der Waals surface area contributed by atoms with Gasteiger partial charge in [0, 0.05) is 6.61 Å². The minimum atomic E-state index is 0.524. The Morgan fingerprint density at radius 1 is 1.35 bits per heavy atom. The lowest BCUT2D eigenvalue weighted by Gasteiger charge is -2.20. The normalized spacial score (nSPS) is 20.2. The maximum absolute atomic E-state index is 5.76. The van der Waals surface area contributed by atoms with E-state index in [2.05, 4.69) is 43.4 Å². The average Bonchev–Trinajstić information content (AvgIpc) is 2.97. The van der Waals surface area contributed by atoms with Crippen molar-refractivity contribution in [3.8, 4) is 0 Å². The highest BCUT2D eigenvalue weighted by molar-refractivity contribution is 5.25. The van der Waals surface area contributed by atoms with Gasteiger partial charge in [-0.15, -0.1) is 0 Å². The summed E-state index contributed by atoms with van der Waals surface area (Å²) in [5, 5.41) is 3.52. The van der Waals surface area contributed by atoms with Crippen LogP contribution in [0.25, 0.3) is 0 Å². The van der Waals surface area contributed by atoms with Gasteiger partial charge in [0.2, 0.25) is 0 Å². The molecule has 1 N–H and O–H groups in total. The van der Waals surface area contributed by atoms with E-state index < -0.39 is 0 Å². The van der Waals surface area contributed by atoms with E-state index in [9.17, 15) is 0 Å². The molecule has 1 heterocycles. The third kappa shape index (κ3) is 4.92. The first kappa shape index (κ1) is 15.5. The predicted molar refractivity (Wildman–Crippen MR) is 85.1 cm³/mol. The summed E-state index contributed by atoms with van der Waals surface area (Å²) in [6.45, 7) is 7.56. The van der Waals surface area contributed by atoms with Gasteiger partial charge < -0.3 is 10.1 Å². The molecule has 0 bridgehead atoms. The topological polar surface area (TPSA) is 21.3 Å². The molecule has 0 amide bonds. The van der Waals surface area contributed by atoms with E-state index in [1.807, 2.05) is 0 Å². The standard InChI is InChI=1S/C18H29NO/c1-3-19-14-16(10-11-18-9-6-12-20-18)13-17-8-5-4-7-15(17)2/h4-5,7-8,16,18-19H,3,6,9-14H2,1-2H3. The minimum Gasteiger partial charge on any atom is -0.378 e. The smallest absolute Gasteiger partial charge is 0.0576 e. The summed E-state index contributed by atoms with van der Waals surface area (Å²) in [5.74, 6) is 0.722. The zero-order chi connectivity index (χ0) is 14.2. The maximum atomic E-state index is 5.76. The number of ether oxygens (including phenoxy) is 1. The largest absolute Gasteiger partial charge is 0.378 e. The van der Waals surface area contributed by atoms with Crippen molar-refractivity contribution in [3.05, 3.63) is 35.4 Å². The Morgan fingerprint density at radius 3 is 2.90 bits per heavy atom. The van der Waals surface area contributed by atoms with Crippen molar-refractivity contribution < 1.29 is 4.74 Å². The van der Waals surface area contributed by atoms with Crippen molar-refractivity contribution in [2.45, 2.75) is 52.1 Å². The fourth-order valence-electron chi connectivity index (χ4n) is 3.07. The molecule has 0 aliphatic carbocycles. The van der Waals surface area contributed by atoms with Gasteiger partial charge in [-0.3, -0.25) is 0 Å². The van der Waals surface area contributed by atoms with Crippen molar-refractivity contribution >= 4 is 0 Å². The monoisotopic (exact) mass is 275 g/mol. The molecule has 0 saturated carbocycles. The molecule has 1 aromatic carbocycles. The van der Waals surface area contributed by atoms with Crippen molar-refractivity contribution in [2.75, 3.05) is 19.7 Å². The van der Waals surface area contributed by atoms with Crippen LogP contribution in [0.1, 0.15) is 43.7 Å². The number of benzene rings is 1. The van der Waals surface area contributed by atoms with Crippen LogP contribution in [0.5, 0.6) is 0 Å². The molecule has 2 rings (SSSR count). The quantitative estimate of drug-likeness (QED) is 0.780. The Morgan fingerprint density at radius 2 is 2.20 bits per heavy atom. The minimum absolute atomic E-state index is 0.524. The van der Waals surface area contributed by atoms with Gasteiger partial charge in [-0.25, -0.2) is 0 Å². The Labute approximate surface area is 123 Å². The number of rotatable bonds is 8. The van der Waals surface area contributed by atoms with Gasteiger partial charge in [0.1, 0.15) is 0 Å². The fraction of sp³-hybridized carbons (Fsp3) is 0.667.